The topological polar surface area (TPSA) is 89.9 Å². The summed E-state index contributed by atoms with van der Waals surface area (Å²) in [6, 6.07) is 6.70. The van der Waals surface area contributed by atoms with Gasteiger partial charge in [0.2, 0.25) is 0 Å². The van der Waals surface area contributed by atoms with Gasteiger partial charge >= 0.3 is 0 Å². The maximum absolute atomic E-state index is 12.3. The average molecular weight is 383 g/mol. The second kappa shape index (κ2) is 7.72. The summed E-state index contributed by atoms with van der Waals surface area (Å²) in [6.45, 7) is 2.55. The molecule has 6 nitrogen and oxygen atoms in total. The third-order valence-corrected chi connectivity index (χ3v) is 4.22. The number of benzene rings is 1. The molecule has 0 fully saturated rings. The summed E-state index contributed by atoms with van der Waals surface area (Å²) < 4.78 is 0.888. The third kappa shape index (κ3) is 3.80. The van der Waals surface area contributed by atoms with E-state index in [1.165, 1.54) is 11.8 Å². The molecular formula is C16H19BrN2O4. The van der Waals surface area contributed by atoms with Gasteiger partial charge in [-0.15, -0.1) is 0 Å². The number of aliphatic hydroxyl groups is 2. The number of nitrogens with one attached hydrogen (secondary N) is 1. The molecule has 0 aliphatic carbocycles. The van der Waals surface area contributed by atoms with Crippen molar-refractivity contribution in [1.29, 1.82) is 0 Å². The van der Waals surface area contributed by atoms with Crippen LogP contribution in [0.2, 0.25) is 0 Å². The van der Waals surface area contributed by atoms with Crippen molar-refractivity contribution in [3.05, 3.63) is 45.6 Å². The van der Waals surface area contributed by atoms with Gasteiger partial charge in [0.25, 0.3) is 5.91 Å². The van der Waals surface area contributed by atoms with Crippen LogP contribution >= 0.6 is 15.9 Å². The zero-order chi connectivity index (χ0) is 17.0. The van der Waals surface area contributed by atoms with E-state index in [0.717, 1.165) is 10.0 Å². The Labute approximate surface area is 142 Å². The van der Waals surface area contributed by atoms with Gasteiger partial charge < -0.3 is 20.4 Å². The van der Waals surface area contributed by atoms with Crippen LogP contribution in [-0.2, 0) is 9.59 Å². The van der Waals surface area contributed by atoms with Crippen LogP contribution in [-0.4, -0.2) is 53.0 Å². The summed E-state index contributed by atoms with van der Waals surface area (Å²) in [7, 11) is 0. The number of amides is 1. The molecule has 1 heterocycles. The lowest BCUT2D eigenvalue weighted by Crippen LogP contribution is -2.37. The molecule has 23 heavy (non-hydrogen) atoms. The molecule has 1 aromatic rings. The highest BCUT2D eigenvalue weighted by molar-refractivity contribution is 9.10. The van der Waals surface area contributed by atoms with Crippen LogP contribution in [0, 0.1) is 0 Å². The van der Waals surface area contributed by atoms with Gasteiger partial charge in [0.05, 0.1) is 18.2 Å². The highest BCUT2D eigenvalue weighted by Crippen LogP contribution is 2.37. The normalized spacial score (nSPS) is 18.0. The van der Waals surface area contributed by atoms with Gasteiger partial charge in [-0.2, -0.15) is 0 Å². The number of ketones is 1. The number of nitrogens with zero attached hydrogens (tertiary/aromatic N) is 1. The van der Waals surface area contributed by atoms with Crippen LogP contribution in [0.4, 0.5) is 0 Å². The van der Waals surface area contributed by atoms with Crippen LogP contribution in [0.5, 0.6) is 0 Å². The van der Waals surface area contributed by atoms with Crippen molar-refractivity contribution in [2.24, 2.45) is 0 Å². The molecular weight excluding hydrogens is 364 g/mol. The maximum Gasteiger partial charge on any atom is 0.290 e. The van der Waals surface area contributed by atoms with E-state index in [0.29, 0.717) is 19.6 Å². The maximum atomic E-state index is 12.3. The molecule has 0 aromatic heterocycles. The van der Waals surface area contributed by atoms with Gasteiger partial charge in [0, 0.05) is 24.1 Å². The van der Waals surface area contributed by atoms with Crippen molar-refractivity contribution < 1.29 is 19.8 Å². The van der Waals surface area contributed by atoms with Crippen LogP contribution in [0.25, 0.3) is 0 Å². The molecule has 2 rings (SSSR count). The summed E-state index contributed by atoms with van der Waals surface area (Å²) in [5, 5.41) is 21.9. The smallest absolute Gasteiger partial charge is 0.290 e. The van der Waals surface area contributed by atoms with Crippen LogP contribution in [0.3, 0.4) is 0 Å². The number of rotatable bonds is 7. The van der Waals surface area contributed by atoms with Crippen molar-refractivity contribution in [2.45, 2.75) is 13.0 Å². The third-order valence-electron chi connectivity index (χ3n) is 3.69. The minimum Gasteiger partial charge on any atom is -0.503 e. The minimum absolute atomic E-state index is 0.00623. The molecule has 0 radical (unpaired) electrons. The van der Waals surface area contributed by atoms with E-state index in [9.17, 15) is 14.7 Å². The molecule has 0 spiro atoms. The second-order valence-electron chi connectivity index (χ2n) is 5.24. The predicted octanol–water partition coefficient (Wildman–Crippen LogP) is 1.32. The van der Waals surface area contributed by atoms with E-state index in [-0.39, 0.29) is 18.0 Å². The first-order valence-corrected chi connectivity index (χ1v) is 8.08. The monoisotopic (exact) mass is 382 g/mol. The Kier molecular flexibility index (Phi) is 5.92. The Bertz CT molecular complexity index is 627. The van der Waals surface area contributed by atoms with E-state index in [1.54, 1.807) is 0 Å². The zero-order valence-corrected chi connectivity index (χ0v) is 14.3. The fourth-order valence-corrected chi connectivity index (χ4v) is 2.90. The number of hydrogen-bond donors (Lipinski definition) is 3. The second-order valence-corrected chi connectivity index (χ2v) is 6.16. The number of Topliss-reactive ketones (excluding diaryl/α,β-unsaturated/α-hetero) is 1. The number of carbonyl (C=O) groups excluding carboxylic acids is 2. The van der Waals surface area contributed by atoms with E-state index in [4.69, 9.17) is 5.11 Å². The molecule has 1 aliphatic rings. The molecule has 7 heteroatoms. The lowest BCUT2D eigenvalue weighted by Gasteiger charge is -2.26. The SMILES string of the molecule is CC(=O)C1=C(O)C(=O)N(CCNCCO)C1c1ccc(Br)cc1. The van der Waals surface area contributed by atoms with Crippen LogP contribution in [0.1, 0.15) is 18.5 Å². The number of carbonyl (C=O) groups is 2. The fourth-order valence-electron chi connectivity index (χ4n) is 2.64. The molecule has 0 saturated carbocycles. The lowest BCUT2D eigenvalue weighted by atomic mass is 9.97. The Balaban J connectivity index is 2.31. The molecule has 1 amide bonds. The summed E-state index contributed by atoms with van der Waals surface area (Å²) in [4.78, 5) is 25.7. The lowest BCUT2D eigenvalue weighted by molar-refractivity contribution is -0.129. The highest BCUT2D eigenvalue weighted by atomic mass is 79.9. The Hall–Kier alpha value is -1.70. The van der Waals surface area contributed by atoms with Gasteiger partial charge in [-0.05, 0) is 24.6 Å². The Morgan fingerprint density at radius 3 is 2.52 bits per heavy atom. The van der Waals surface area contributed by atoms with Crippen molar-refractivity contribution in [3.63, 3.8) is 0 Å². The molecule has 1 aliphatic heterocycles. The highest BCUT2D eigenvalue weighted by Gasteiger charge is 2.41. The van der Waals surface area contributed by atoms with E-state index in [1.807, 2.05) is 24.3 Å². The quantitative estimate of drug-likeness (QED) is 0.618. The summed E-state index contributed by atoms with van der Waals surface area (Å²) in [6.07, 6.45) is 0. The molecule has 124 valence electrons. The fraction of sp³-hybridized carbons (Fsp3) is 0.375. The number of aliphatic hydroxyl groups excluding tert-OH is 2. The van der Waals surface area contributed by atoms with Gasteiger partial charge in [0.15, 0.2) is 11.5 Å². The first-order valence-electron chi connectivity index (χ1n) is 7.29. The van der Waals surface area contributed by atoms with Crippen LogP contribution in [0.15, 0.2) is 40.1 Å². The van der Waals surface area contributed by atoms with Crippen molar-refractivity contribution in [3.8, 4) is 0 Å². The molecule has 0 saturated heterocycles. The van der Waals surface area contributed by atoms with Crippen molar-refractivity contribution in [1.82, 2.24) is 10.2 Å². The summed E-state index contributed by atoms with van der Waals surface area (Å²) >= 11 is 3.35. The predicted molar refractivity (Wildman–Crippen MR) is 88.9 cm³/mol. The van der Waals surface area contributed by atoms with E-state index >= 15 is 0 Å². The molecule has 3 N–H and O–H groups in total. The first kappa shape index (κ1) is 17.7. The Morgan fingerprint density at radius 1 is 1.30 bits per heavy atom. The summed E-state index contributed by atoms with van der Waals surface area (Å²) in [5.41, 5.74) is 0.887. The van der Waals surface area contributed by atoms with Gasteiger partial charge in [-0.1, -0.05) is 28.1 Å². The largest absolute Gasteiger partial charge is 0.503 e. The summed E-state index contributed by atoms with van der Waals surface area (Å²) in [5.74, 6) is -1.35. The Morgan fingerprint density at radius 2 is 1.96 bits per heavy atom. The molecule has 1 atom stereocenters. The number of halogens is 1. The van der Waals surface area contributed by atoms with Crippen molar-refractivity contribution >= 4 is 27.6 Å². The van der Waals surface area contributed by atoms with Crippen LogP contribution < -0.4 is 5.32 Å². The van der Waals surface area contributed by atoms with Gasteiger partial charge in [-0.3, -0.25) is 9.59 Å². The minimum atomic E-state index is -0.593. The molecule has 1 unspecified atom stereocenters. The van der Waals surface area contributed by atoms with E-state index < -0.39 is 17.7 Å². The average Bonchev–Trinajstić information content (AvgIpc) is 2.77. The van der Waals surface area contributed by atoms with E-state index in [2.05, 4.69) is 21.2 Å². The number of hydrogen-bond acceptors (Lipinski definition) is 5. The standard InChI is InChI=1S/C16H19BrN2O4/c1-10(21)13-14(11-2-4-12(17)5-3-11)19(16(23)15(13)22)8-6-18-7-9-20/h2-5,14,18,20,22H,6-9H2,1H3. The van der Waals surface area contributed by atoms with Crippen molar-refractivity contribution in [2.75, 3.05) is 26.2 Å². The van der Waals surface area contributed by atoms with Gasteiger partial charge in [-0.25, -0.2) is 0 Å². The molecule has 0 bridgehead atoms. The first-order chi connectivity index (χ1) is 11.0. The zero-order valence-electron chi connectivity index (χ0n) is 12.8. The molecule has 1 aromatic carbocycles. The van der Waals surface area contributed by atoms with Gasteiger partial charge in [0.1, 0.15) is 0 Å².